The molecule has 0 unspecified atom stereocenters. The van der Waals surface area contributed by atoms with Crippen LogP contribution in [0.1, 0.15) is 25.1 Å². The van der Waals surface area contributed by atoms with Crippen LogP contribution in [0.3, 0.4) is 0 Å². The molecule has 0 spiro atoms. The Morgan fingerprint density at radius 3 is 2.71 bits per heavy atom. The highest BCUT2D eigenvalue weighted by Gasteiger charge is 2.19. The van der Waals surface area contributed by atoms with Gasteiger partial charge in [0, 0.05) is 30.3 Å². The lowest BCUT2D eigenvalue weighted by Gasteiger charge is -2.25. The number of hydrogen-bond acceptors (Lipinski definition) is 3. The number of halogens is 1. The molecule has 1 amide bonds. The van der Waals surface area contributed by atoms with Crippen LogP contribution in [0.5, 0.6) is 0 Å². The summed E-state index contributed by atoms with van der Waals surface area (Å²) in [5.41, 5.74) is -0.851. The first-order valence-electron chi connectivity index (χ1n) is 5.47. The maximum atomic E-state index is 11.8. The third-order valence-corrected chi connectivity index (χ3v) is 3.60. The van der Waals surface area contributed by atoms with Crippen molar-refractivity contribution in [1.82, 2.24) is 4.90 Å². The molecule has 96 valence electrons. The lowest BCUT2D eigenvalue weighted by atomic mass is 10.1. The number of hydrogen-bond donors (Lipinski definition) is 1. The van der Waals surface area contributed by atoms with Crippen molar-refractivity contribution in [3.05, 3.63) is 21.3 Å². The van der Waals surface area contributed by atoms with Gasteiger partial charge in [0.15, 0.2) is 0 Å². The number of likely N-dealkylation sites (N-methyl/N-ethyl adjacent to an activating group) is 1. The van der Waals surface area contributed by atoms with Gasteiger partial charge in [-0.2, -0.15) is 0 Å². The molecule has 0 saturated heterocycles. The molecule has 0 aromatic carbocycles. The summed E-state index contributed by atoms with van der Waals surface area (Å²) < 4.78 is 0. The maximum absolute atomic E-state index is 11.8. The maximum Gasteiger partial charge on any atom is 0.222 e. The van der Waals surface area contributed by atoms with Crippen LogP contribution >= 0.6 is 22.9 Å². The van der Waals surface area contributed by atoms with Crippen molar-refractivity contribution in [2.24, 2.45) is 0 Å². The summed E-state index contributed by atoms with van der Waals surface area (Å²) in [5, 5.41) is 12.2. The van der Waals surface area contributed by atoms with Crippen molar-refractivity contribution in [1.29, 1.82) is 0 Å². The average molecular weight is 276 g/mol. The predicted molar refractivity (Wildman–Crippen MR) is 71.6 cm³/mol. The Labute approximate surface area is 111 Å². The van der Waals surface area contributed by atoms with Gasteiger partial charge in [-0.05, 0) is 26.3 Å². The number of carbonyl (C=O) groups excluding carboxylic acids is 1. The molecule has 0 aliphatic rings. The number of carbonyl (C=O) groups is 1. The molecule has 1 heterocycles. The number of aryl methyl sites for hydroxylation is 1. The fourth-order valence-corrected chi connectivity index (χ4v) is 2.65. The molecule has 1 rings (SSSR count). The summed E-state index contributed by atoms with van der Waals surface area (Å²) in [5.74, 6) is 0.0386. The first kappa shape index (κ1) is 14.5. The summed E-state index contributed by atoms with van der Waals surface area (Å²) in [6.07, 6.45) is 1.15. The summed E-state index contributed by atoms with van der Waals surface area (Å²) in [6.45, 7) is 3.72. The van der Waals surface area contributed by atoms with E-state index >= 15 is 0 Å². The van der Waals surface area contributed by atoms with Gasteiger partial charge in [0.1, 0.15) is 0 Å². The van der Waals surface area contributed by atoms with Gasteiger partial charge in [-0.3, -0.25) is 4.79 Å². The summed E-state index contributed by atoms with van der Waals surface area (Å²) in [7, 11) is 1.71. The summed E-state index contributed by atoms with van der Waals surface area (Å²) in [6, 6.07) is 1.88. The molecule has 0 aliphatic carbocycles. The summed E-state index contributed by atoms with van der Waals surface area (Å²) in [4.78, 5) is 14.5. The number of rotatable bonds is 5. The van der Waals surface area contributed by atoms with Gasteiger partial charge in [0.25, 0.3) is 0 Å². The fourth-order valence-electron chi connectivity index (χ4n) is 1.57. The number of aliphatic hydroxyl groups is 1. The Balaban J connectivity index is 2.39. The molecule has 0 aliphatic heterocycles. The minimum atomic E-state index is -0.851. The minimum Gasteiger partial charge on any atom is -0.389 e. The Morgan fingerprint density at radius 1 is 1.59 bits per heavy atom. The van der Waals surface area contributed by atoms with Crippen LogP contribution in [0.25, 0.3) is 0 Å². The predicted octanol–water partition coefficient (Wildman–Crippen LogP) is 2.56. The number of amides is 1. The topological polar surface area (TPSA) is 40.5 Å². The second-order valence-corrected chi connectivity index (χ2v) is 6.23. The van der Waals surface area contributed by atoms with E-state index in [4.69, 9.17) is 11.6 Å². The average Bonchev–Trinajstić information content (AvgIpc) is 2.58. The van der Waals surface area contributed by atoms with Crippen LogP contribution in [-0.4, -0.2) is 35.1 Å². The lowest BCUT2D eigenvalue weighted by Crippen LogP contribution is -2.39. The van der Waals surface area contributed by atoms with Gasteiger partial charge in [0.2, 0.25) is 5.91 Å². The highest BCUT2D eigenvalue weighted by atomic mass is 35.5. The molecule has 0 radical (unpaired) electrons. The smallest absolute Gasteiger partial charge is 0.222 e. The van der Waals surface area contributed by atoms with E-state index in [1.54, 1.807) is 37.1 Å². The van der Waals surface area contributed by atoms with E-state index in [0.717, 1.165) is 9.90 Å². The SMILES string of the molecule is CN(CC(C)(C)O)C(=O)CCc1cc(Cl)cs1. The Kier molecular flexibility index (Phi) is 4.98. The molecule has 0 atom stereocenters. The van der Waals surface area contributed by atoms with Gasteiger partial charge in [-0.1, -0.05) is 11.6 Å². The molecule has 0 saturated carbocycles. The molecule has 1 N–H and O–H groups in total. The Morgan fingerprint density at radius 2 is 2.24 bits per heavy atom. The van der Waals surface area contributed by atoms with Crippen LogP contribution in [0.2, 0.25) is 5.02 Å². The minimum absolute atomic E-state index is 0.0386. The van der Waals surface area contributed by atoms with E-state index < -0.39 is 5.60 Å². The second kappa shape index (κ2) is 5.85. The van der Waals surface area contributed by atoms with E-state index in [-0.39, 0.29) is 5.91 Å². The normalized spacial score (nSPS) is 11.6. The zero-order valence-corrected chi connectivity index (χ0v) is 11.9. The molecule has 3 nitrogen and oxygen atoms in total. The molecular weight excluding hydrogens is 258 g/mol. The molecule has 5 heteroatoms. The number of nitrogens with zero attached hydrogens (tertiary/aromatic N) is 1. The highest BCUT2D eigenvalue weighted by molar-refractivity contribution is 7.10. The quantitative estimate of drug-likeness (QED) is 0.897. The van der Waals surface area contributed by atoms with Gasteiger partial charge in [0.05, 0.1) is 10.6 Å². The van der Waals surface area contributed by atoms with Gasteiger partial charge >= 0.3 is 0 Å². The Bertz CT molecular complexity index is 384. The van der Waals surface area contributed by atoms with Crippen LogP contribution < -0.4 is 0 Å². The third-order valence-electron chi connectivity index (χ3n) is 2.26. The molecule has 0 fully saturated rings. The zero-order chi connectivity index (χ0) is 13.1. The largest absolute Gasteiger partial charge is 0.389 e. The van der Waals surface area contributed by atoms with E-state index in [9.17, 15) is 9.90 Å². The zero-order valence-electron chi connectivity index (χ0n) is 10.4. The first-order valence-corrected chi connectivity index (χ1v) is 6.73. The standard InChI is InChI=1S/C12H18ClNO2S/c1-12(2,16)8-14(3)11(15)5-4-10-6-9(13)7-17-10/h6-7,16H,4-5,8H2,1-3H3. The van der Waals surface area contributed by atoms with E-state index in [1.807, 2.05) is 11.4 Å². The van der Waals surface area contributed by atoms with Crippen molar-refractivity contribution < 1.29 is 9.90 Å². The van der Waals surface area contributed by atoms with Crippen molar-refractivity contribution in [2.45, 2.75) is 32.3 Å². The van der Waals surface area contributed by atoms with Gasteiger partial charge < -0.3 is 10.0 Å². The van der Waals surface area contributed by atoms with Crippen LogP contribution in [0.4, 0.5) is 0 Å². The van der Waals surface area contributed by atoms with Crippen molar-refractivity contribution in [3.63, 3.8) is 0 Å². The van der Waals surface area contributed by atoms with Crippen LogP contribution in [0.15, 0.2) is 11.4 Å². The second-order valence-electron chi connectivity index (χ2n) is 4.79. The van der Waals surface area contributed by atoms with E-state index in [2.05, 4.69) is 0 Å². The van der Waals surface area contributed by atoms with Crippen LogP contribution in [-0.2, 0) is 11.2 Å². The van der Waals surface area contributed by atoms with Crippen LogP contribution in [0, 0.1) is 0 Å². The number of thiophene rings is 1. The molecular formula is C12H18ClNO2S. The first-order chi connectivity index (χ1) is 7.78. The molecule has 1 aromatic rings. The Hall–Kier alpha value is -0.580. The van der Waals surface area contributed by atoms with Crippen molar-refractivity contribution >= 4 is 28.8 Å². The summed E-state index contributed by atoms with van der Waals surface area (Å²) >= 11 is 7.37. The third kappa shape index (κ3) is 5.52. The molecule has 1 aromatic heterocycles. The van der Waals surface area contributed by atoms with Gasteiger partial charge in [-0.25, -0.2) is 0 Å². The molecule has 0 bridgehead atoms. The van der Waals surface area contributed by atoms with E-state index in [1.165, 1.54) is 0 Å². The highest BCUT2D eigenvalue weighted by Crippen LogP contribution is 2.20. The lowest BCUT2D eigenvalue weighted by molar-refractivity contribution is -0.132. The van der Waals surface area contributed by atoms with Gasteiger partial charge in [-0.15, -0.1) is 11.3 Å². The molecule has 17 heavy (non-hydrogen) atoms. The van der Waals surface area contributed by atoms with Crippen molar-refractivity contribution in [3.8, 4) is 0 Å². The van der Waals surface area contributed by atoms with E-state index in [0.29, 0.717) is 19.4 Å². The van der Waals surface area contributed by atoms with Crippen molar-refractivity contribution in [2.75, 3.05) is 13.6 Å². The monoisotopic (exact) mass is 275 g/mol. The fraction of sp³-hybridized carbons (Fsp3) is 0.583.